The molecule has 1 N–H and O–H groups in total. The fourth-order valence-corrected chi connectivity index (χ4v) is 5.82. The summed E-state index contributed by atoms with van der Waals surface area (Å²) in [7, 11) is -3.03. The Kier molecular flexibility index (Phi) is 6.90. The Labute approximate surface area is 221 Å². The number of anilines is 2. The van der Waals surface area contributed by atoms with E-state index in [1.54, 1.807) is 23.5 Å². The summed E-state index contributed by atoms with van der Waals surface area (Å²) in [6.45, 7) is 8.47. The minimum absolute atomic E-state index is 0.0770. The van der Waals surface area contributed by atoms with E-state index in [-0.39, 0.29) is 24.2 Å². The molecule has 13 heteroatoms. The largest absolute Gasteiger partial charge is 0.444 e. The van der Waals surface area contributed by atoms with E-state index in [1.165, 1.54) is 0 Å². The Morgan fingerprint density at radius 3 is 2.32 bits per heavy atom. The van der Waals surface area contributed by atoms with Gasteiger partial charge in [-0.05, 0) is 32.9 Å². The average Bonchev–Trinajstić information content (AvgIpc) is 3.32. The highest BCUT2D eigenvalue weighted by Crippen LogP contribution is 2.28. The fourth-order valence-electron chi connectivity index (χ4n) is 4.62. The standard InChI is InChI=1S/C25H33N7O5S/c1-25(2,3)37-24(34)31-8-6-29(7-9-31)21-5-4-18(14-26-21)20-15-27-22(23-28-19(17-33)16-32(20)23)30-10-12-38(35,36)13-11-30/h4-5,14-16,33H,6-13,17H2,1-3H3. The van der Waals surface area contributed by atoms with Gasteiger partial charge in [-0.25, -0.2) is 28.2 Å². The lowest BCUT2D eigenvalue weighted by molar-refractivity contribution is 0.0240. The summed E-state index contributed by atoms with van der Waals surface area (Å²) in [5, 5.41) is 9.72. The molecule has 5 rings (SSSR count). The van der Waals surface area contributed by atoms with Crippen LogP contribution in [0.15, 0.2) is 30.7 Å². The summed E-state index contributed by atoms with van der Waals surface area (Å²) in [5.41, 5.74) is 2.12. The Morgan fingerprint density at radius 2 is 1.71 bits per heavy atom. The first-order valence-electron chi connectivity index (χ1n) is 12.7. The van der Waals surface area contributed by atoms with Crippen LogP contribution in [0.25, 0.3) is 16.9 Å². The number of aliphatic hydroxyl groups is 1. The van der Waals surface area contributed by atoms with E-state index in [2.05, 4.69) is 19.9 Å². The number of aliphatic hydroxyl groups excluding tert-OH is 1. The van der Waals surface area contributed by atoms with E-state index in [1.807, 2.05) is 42.2 Å². The van der Waals surface area contributed by atoms with E-state index >= 15 is 0 Å². The van der Waals surface area contributed by atoms with Crippen molar-refractivity contribution < 1.29 is 23.1 Å². The van der Waals surface area contributed by atoms with Gasteiger partial charge in [0.15, 0.2) is 21.3 Å². The molecule has 2 saturated heterocycles. The molecule has 0 radical (unpaired) electrons. The molecule has 204 valence electrons. The smallest absolute Gasteiger partial charge is 0.410 e. The van der Waals surface area contributed by atoms with Gasteiger partial charge in [0.1, 0.15) is 11.4 Å². The first-order valence-corrected chi connectivity index (χ1v) is 14.5. The number of rotatable bonds is 4. The van der Waals surface area contributed by atoms with E-state index in [0.717, 1.165) is 17.1 Å². The topological polar surface area (TPSA) is 133 Å². The summed E-state index contributed by atoms with van der Waals surface area (Å²) in [4.78, 5) is 32.0. The molecule has 3 aromatic rings. The molecule has 0 unspecified atom stereocenters. The van der Waals surface area contributed by atoms with Gasteiger partial charge in [-0.1, -0.05) is 0 Å². The second-order valence-electron chi connectivity index (χ2n) is 10.5. The summed E-state index contributed by atoms with van der Waals surface area (Å²) in [6.07, 6.45) is 4.97. The van der Waals surface area contributed by atoms with Crippen molar-refractivity contribution in [3.8, 4) is 11.3 Å². The molecule has 0 saturated carbocycles. The molecule has 3 aromatic heterocycles. The minimum Gasteiger partial charge on any atom is -0.444 e. The predicted molar refractivity (Wildman–Crippen MR) is 143 cm³/mol. The van der Waals surface area contributed by atoms with Gasteiger partial charge in [-0.3, -0.25) is 4.40 Å². The van der Waals surface area contributed by atoms with Crippen LogP contribution in [0.2, 0.25) is 0 Å². The number of ether oxygens (including phenoxy) is 1. The quantitative estimate of drug-likeness (QED) is 0.517. The fraction of sp³-hybridized carbons (Fsp3) is 0.520. The van der Waals surface area contributed by atoms with Crippen LogP contribution < -0.4 is 9.80 Å². The van der Waals surface area contributed by atoms with Gasteiger partial charge in [0.25, 0.3) is 0 Å². The van der Waals surface area contributed by atoms with E-state index in [9.17, 15) is 18.3 Å². The molecule has 1 amide bonds. The number of hydrogen-bond acceptors (Lipinski definition) is 10. The highest BCUT2D eigenvalue weighted by molar-refractivity contribution is 7.91. The number of carbonyl (C=O) groups is 1. The van der Waals surface area contributed by atoms with Gasteiger partial charge in [0.05, 0.1) is 35.7 Å². The molecular weight excluding hydrogens is 510 g/mol. The first kappa shape index (κ1) is 26.2. The number of pyridine rings is 1. The molecule has 2 fully saturated rings. The third-order valence-electron chi connectivity index (χ3n) is 6.63. The molecule has 0 aromatic carbocycles. The third-order valence-corrected chi connectivity index (χ3v) is 8.24. The van der Waals surface area contributed by atoms with Gasteiger partial charge >= 0.3 is 6.09 Å². The second-order valence-corrected chi connectivity index (χ2v) is 12.9. The van der Waals surface area contributed by atoms with Crippen LogP contribution in [-0.4, -0.2) is 100 Å². The number of hydrogen-bond donors (Lipinski definition) is 1. The van der Waals surface area contributed by atoms with E-state index < -0.39 is 15.4 Å². The van der Waals surface area contributed by atoms with Gasteiger partial charge < -0.3 is 24.5 Å². The summed E-state index contributed by atoms with van der Waals surface area (Å²) >= 11 is 0. The lowest BCUT2D eigenvalue weighted by atomic mass is 10.2. The number of carbonyl (C=O) groups excluding carboxylic acids is 1. The molecule has 0 spiro atoms. The van der Waals surface area contributed by atoms with Crippen molar-refractivity contribution in [2.24, 2.45) is 0 Å². The average molecular weight is 544 g/mol. The summed E-state index contributed by atoms with van der Waals surface area (Å²) in [6, 6.07) is 3.91. The van der Waals surface area contributed by atoms with Crippen molar-refractivity contribution in [1.82, 2.24) is 24.3 Å². The number of amides is 1. The minimum atomic E-state index is -3.03. The number of sulfone groups is 1. The van der Waals surface area contributed by atoms with Crippen LogP contribution in [-0.2, 0) is 21.2 Å². The molecule has 0 bridgehead atoms. The molecule has 5 heterocycles. The highest BCUT2D eigenvalue weighted by Gasteiger charge is 2.27. The molecule has 2 aliphatic heterocycles. The van der Waals surface area contributed by atoms with Crippen molar-refractivity contribution in [3.05, 3.63) is 36.4 Å². The lowest BCUT2D eigenvalue weighted by Crippen LogP contribution is -2.50. The van der Waals surface area contributed by atoms with Crippen molar-refractivity contribution >= 4 is 33.2 Å². The van der Waals surface area contributed by atoms with E-state index in [4.69, 9.17) is 4.74 Å². The predicted octanol–water partition coefficient (Wildman–Crippen LogP) is 1.58. The second kappa shape index (κ2) is 10.0. The van der Waals surface area contributed by atoms with Gasteiger partial charge in [-0.15, -0.1) is 0 Å². The zero-order chi connectivity index (χ0) is 27.1. The highest BCUT2D eigenvalue weighted by atomic mass is 32.2. The normalized spacial score (nSPS) is 18.2. The Hall–Kier alpha value is -3.45. The van der Waals surface area contributed by atoms with Crippen molar-refractivity contribution in [2.75, 3.05) is 60.6 Å². The number of piperazine rings is 1. The van der Waals surface area contributed by atoms with Crippen molar-refractivity contribution in [1.29, 1.82) is 0 Å². The molecule has 12 nitrogen and oxygen atoms in total. The van der Waals surface area contributed by atoms with Crippen LogP contribution >= 0.6 is 0 Å². The third kappa shape index (κ3) is 5.53. The molecule has 0 atom stereocenters. The Morgan fingerprint density at radius 1 is 1.00 bits per heavy atom. The Bertz CT molecular complexity index is 1410. The van der Waals surface area contributed by atoms with Crippen LogP contribution in [0, 0.1) is 0 Å². The monoisotopic (exact) mass is 543 g/mol. The maximum absolute atomic E-state index is 12.4. The maximum Gasteiger partial charge on any atom is 0.410 e. The zero-order valence-electron chi connectivity index (χ0n) is 21.9. The van der Waals surface area contributed by atoms with E-state index in [0.29, 0.717) is 56.4 Å². The zero-order valence-corrected chi connectivity index (χ0v) is 22.7. The van der Waals surface area contributed by atoms with Crippen LogP contribution in [0.4, 0.5) is 16.4 Å². The number of imidazole rings is 1. The molecular formula is C25H33N7O5S. The lowest BCUT2D eigenvalue weighted by Gasteiger charge is -2.36. The van der Waals surface area contributed by atoms with Crippen LogP contribution in [0.5, 0.6) is 0 Å². The van der Waals surface area contributed by atoms with Gasteiger partial charge in [0.2, 0.25) is 0 Å². The molecule has 2 aliphatic rings. The summed E-state index contributed by atoms with van der Waals surface area (Å²) in [5.74, 6) is 1.56. The van der Waals surface area contributed by atoms with Crippen molar-refractivity contribution in [2.45, 2.75) is 33.0 Å². The van der Waals surface area contributed by atoms with Crippen LogP contribution in [0.1, 0.15) is 26.5 Å². The number of aromatic nitrogens is 4. The molecule has 38 heavy (non-hydrogen) atoms. The summed E-state index contributed by atoms with van der Waals surface area (Å²) < 4.78 is 31.1. The Balaban J connectivity index is 1.34. The maximum atomic E-state index is 12.4. The number of fused-ring (bicyclic) bond motifs is 1. The number of nitrogens with zero attached hydrogens (tertiary/aromatic N) is 7. The molecule has 0 aliphatic carbocycles. The van der Waals surface area contributed by atoms with Crippen LogP contribution in [0.3, 0.4) is 0 Å². The first-order chi connectivity index (χ1) is 18.0. The van der Waals surface area contributed by atoms with Crippen molar-refractivity contribution in [3.63, 3.8) is 0 Å². The van der Waals surface area contributed by atoms with Gasteiger partial charge in [0, 0.05) is 57.2 Å². The SMILES string of the molecule is CC(C)(C)OC(=O)N1CCN(c2ccc(-c3cnc(N4CCS(=O)(=O)CC4)c4nc(CO)cn34)cn2)CC1. The van der Waals surface area contributed by atoms with Gasteiger partial charge in [-0.2, -0.15) is 0 Å².